The van der Waals surface area contributed by atoms with E-state index in [0.29, 0.717) is 12.1 Å². The van der Waals surface area contributed by atoms with Crippen LogP contribution in [0.4, 0.5) is 5.69 Å². The zero-order chi connectivity index (χ0) is 14.7. The monoisotopic (exact) mass is 276 g/mol. The first-order chi connectivity index (χ1) is 10.3. The maximum Gasteiger partial charge on any atom is 0.0991 e. The second-order valence-corrected chi connectivity index (χ2v) is 4.82. The second kappa shape index (κ2) is 5.68. The van der Waals surface area contributed by atoms with Gasteiger partial charge < -0.3 is 5.32 Å². The quantitative estimate of drug-likeness (QED) is 0.793. The summed E-state index contributed by atoms with van der Waals surface area (Å²) < 4.78 is 2.02. The Bertz CT molecular complexity index is 794. The third-order valence-corrected chi connectivity index (χ3v) is 3.51. The van der Waals surface area contributed by atoms with Crippen LogP contribution in [0.2, 0.25) is 0 Å². The molecule has 3 aromatic rings. The van der Waals surface area contributed by atoms with E-state index in [0.717, 1.165) is 23.4 Å². The highest BCUT2D eigenvalue weighted by Gasteiger charge is 2.08. The first-order valence-electron chi connectivity index (χ1n) is 7.00. The van der Waals surface area contributed by atoms with Gasteiger partial charge in [0.25, 0.3) is 0 Å². The van der Waals surface area contributed by atoms with E-state index in [-0.39, 0.29) is 0 Å². The van der Waals surface area contributed by atoms with E-state index in [2.05, 4.69) is 35.5 Å². The number of nitriles is 1. The van der Waals surface area contributed by atoms with E-state index in [1.165, 1.54) is 5.39 Å². The van der Waals surface area contributed by atoms with Crippen molar-refractivity contribution in [3.63, 3.8) is 0 Å². The van der Waals surface area contributed by atoms with Crippen molar-refractivity contribution in [1.82, 2.24) is 9.78 Å². The number of aromatic nitrogens is 2. The van der Waals surface area contributed by atoms with Crippen molar-refractivity contribution < 1.29 is 0 Å². The molecule has 0 fully saturated rings. The maximum atomic E-state index is 8.80. The number of fused-ring (bicyclic) bond motifs is 1. The van der Waals surface area contributed by atoms with E-state index in [1.54, 1.807) is 0 Å². The van der Waals surface area contributed by atoms with Crippen LogP contribution in [0.15, 0.2) is 48.5 Å². The number of nitrogens with one attached hydrogen (secondary N) is 1. The van der Waals surface area contributed by atoms with Crippen molar-refractivity contribution in [3.05, 3.63) is 59.8 Å². The molecule has 2 aromatic carbocycles. The molecule has 4 nitrogen and oxygen atoms in total. The third-order valence-electron chi connectivity index (χ3n) is 3.51. The molecule has 21 heavy (non-hydrogen) atoms. The summed E-state index contributed by atoms with van der Waals surface area (Å²) in [5.41, 5.74) is 3.86. The molecule has 0 radical (unpaired) electrons. The highest BCUT2D eigenvalue weighted by molar-refractivity contribution is 5.82. The van der Waals surface area contributed by atoms with Crippen LogP contribution in [0.3, 0.4) is 0 Å². The summed E-state index contributed by atoms with van der Waals surface area (Å²) in [6.07, 6.45) is 0. The van der Waals surface area contributed by atoms with Gasteiger partial charge in [0, 0.05) is 17.6 Å². The summed E-state index contributed by atoms with van der Waals surface area (Å²) in [5, 5.41) is 18.0. The molecule has 0 aliphatic carbocycles. The fraction of sp³-hybridized carbons (Fsp3) is 0.176. The lowest BCUT2D eigenvalue weighted by molar-refractivity contribution is 0.671. The predicted octanol–water partition coefficient (Wildman–Crippen LogP) is 3.54. The van der Waals surface area contributed by atoms with E-state index >= 15 is 0 Å². The summed E-state index contributed by atoms with van der Waals surface area (Å²) in [7, 11) is 0. The number of nitrogens with zero attached hydrogens (tertiary/aromatic N) is 3. The van der Waals surface area contributed by atoms with Gasteiger partial charge in [-0.1, -0.05) is 18.2 Å². The Kier molecular flexibility index (Phi) is 3.57. The highest BCUT2D eigenvalue weighted by Crippen LogP contribution is 2.19. The molecule has 0 amide bonds. The number of para-hydroxylation sites is 1. The molecule has 0 spiro atoms. The molecule has 0 aliphatic rings. The van der Waals surface area contributed by atoms with Gasteiger partial charge in [-0.05, 0) is 37.3 Å². The van der Waals surface area contributed by atoms with Gasteiger partial charge in [0.05, 0.1) is 29.4 Å². The molecule has 0 unspecified atom stereocenters. The van der Waals surface area contributed by atoms with Crippen molar-refractivity contribution in [2.45, 2.75) is 20.0 Å². The van der Waals surface area contributed by atoms with Crippen LogP contribution in [-0.4, -0.2) is 9.78 Å². The van der Waals surface area contributed by atoms with Crippen LogP contribution in [-0.2, 0) is 13.1 Å². The SMILES string of the molecule is CCn1nc(CNc2ccc(C#N)cc2)c2ccccc21. The van der Waals surface area contributed by atoms with Crippen LogP contribution in [0.25, 0.3) is 10.9 Å². The van der Waals surface area contributed by atoms with Crippen molar-refractivity contribution in [1.29, 1.82) is 5.26 Å². The fourth-order valence-corrected chi connectivity index (χ4v) is 2.42. The lowest BCUT2D eigenvalue weighted by Gasteiger charge is -2.04. The second-order valence-electron chi connectivity index (χ2n) is 4.82. The lowest BCUT2D eigenvalue weighted by Crippen LogP contribution is -2.02. The minimum Gasteiger partial charge on any atom is -0.379 e. The molecule has 104 valence electrons. The van der Waals surface area contributed by atoms with Crippen molar-refractivity contribution in [3.8, 4) is 6.07 Å². The zero-order valence-electron chi connectivity index (χ0n) is 11.9. The molecule has 1 N–H and O–H groups in total. The Morgan fingerprint density at radius 1 is 1.14 bits per heavy atom. The summed E-state index contributed by atoms with van der Waals surface area (Å²) in [4.78, 5) is 0. The van der Waals surface area contributed by atoms with E-state index in [9.17, 15) is 0 Å². The van der Waals surface area contributed by atoms with Crippen LogP contribution in [0.1, 0.15) is 18.2 Å². The molecule has 4 heteroatoms. The molecule has 0 atom stereocenters. The highest BCUT2D eigenvalue weighted by atomic mass is 15.3. The van der Waals surface area contributed by atoms with Crippen molar-refractivity contribution in [2.75, 3.05) is 5.32 Å². The zero-order valence-corrected chi connectivity index (χ0v) is 11.9. The average molecular weight is 276 g/mol. The predicted molar refractivity (Wildman–Crippen MR) is 83.9 cm³/mol. The van der Waals surface area contributed by atoms with Crippen LogP contribution in [0.5, 0.6) is 0 Å². The van der Waals surface area contributed by atoms with Gasteiger partial charge in [0.1, 0.15) is 0 Å². The first kappa shape index (κ1) is 13.2. The molecule has 1 aromatic heterocycles. The topological polar surface area (TPSA) is 53.6 Å². The Labute approximate surface area is 123 Å². The van der Waals surface area contributed by atoms with Crippen molar-refractivity contribution >= 4 is 16.6 Å². The number of hydrogen-bond acceptors (Lipinski definition) is 3. The van der Waals surface area contributed by atoms with Crippen LogP contribution in [0, 0.1) is 11.3 Å². The Morgan fingerprint density at radius 2 is 1.90 bits per heavy atom. The minimum absolute atomic E-state index is 0.666. The minimum atomic E-state index is 0.666. The fourth-order valence-electron chi connectivity index (χ4n) is 2.42. The molecule has 0 aliphatic heterocycles. The van der Waals surface area contributed by atoms with E-state index in [4.69, 9.17) is 5.26 Å². The number of rotatable bonds is 4. The van der Waals surface area contributed by atoms with Gasteiger partial charge in [-0.2, -0.15) is 10.4 Å². The number of hydrogen-bond donors (Lipinski definition) is 1. The Balaban J connectivity index is 1.83. The molecule has 3 rings (SSSR count). The van der Waals surface area contributed by atoms with E-state index in [1.807, 2.05) is 41.1 Å². The number of benzene rings is 2. The third kappa shape index (κ3) is 2.59. The van der Waals surface area contributed by atoms with Gasteiger partial charge in [0.15, 0.2) is 0 Å². The van der Waals surface area contributed by atoms with Gasteiger partial charge in [0.2, 0.25) is 0 Å². The Hall–Kier alpha value is -2.80. The van der Waals surface area contributed by atoms with Crippen LogP contribution >= 0.6 is 0 Å². The maximum absolute atomic E-state index is 8.80. The molecule has 0 saturated heterocycles. The van der Waals surface area contributed by atoms with Gasteiger partial charge in [-0.15, -0.1) is 0 Å². The van der Waals surface area contributed by atoms with Gasteiger partial charge >= 0.3 is 0 Å². The number of aryl methyl sites for hydroxylation is 1. The first-order valence-corrected chi connectivity index (χ1v) is 7.00. The lowest BCUT2D eigenvalue weighted by atomic mass is 10.2. The Morgan fingerprint density at radius 3 is 2.62 bits per heavy atom. The summed E-state index contributed by atoms with van der Waals surface area (Å²) in [5.74, 6) is 0. The molecular weight excluding hydrogens is 260 g/mol. The molecular formula is C17H16N4. The van der Waals surface area contributed by atoms with E-state index < -0.39 is 0 Å². The smallest absolute Gasteiger partial charge is 0.0991 e. The number of anilines is 1. The standard InChI is InChI=1S/C17H16N4/c1-2-21-17-6-4-3-5-15(17)16(20-21)12-19-14-9-7-13(11-18)8-10-14/h3-10,19H,2,12H2,1H3. The van der Waals surface area contributed by atoms with Gasteiger partial charge in [-0.3, -0.25) is 4.68 Å². The molecule has 1 heterocycles. The largest absolute Gasteiger partial charge is 0.379 e. The summed E-state index contributed by atoms with van der Waals surface area (Å²) >= 11 is 0. The molecule has 0 bridgehead atoms. The average Bonchev–Trinajstić information content (AvgIpc) is 2.91. The van der Waals surface area contributed by atoms with Gasteiger partial charge in [-0.25, -0.2) is 0 Å². The van der Waals surface area contributed by atoms with Crippen molar-refractivity contribution in [2.24, 2.45) is 0 Å². The normalized spacial score (nSPS) is 10.5. The molecule has 0 saturated carbocycles. The summed E-state index contributed by atoms with van der Waals surface area (Å²) in [6, 6.07) is 17.8. The summed E-state index contributed by atoms with van der Waals surface area (Å²) in [6.45, 7) is 3.62. The van der Waals surface area contributed by atoms with Crippen LogP contribution < -0.4 is 5.32 Å².